The van der Waals surface area contributed by atoms with Gasteiger partial charge < -0.3 is 9.84 Å². The van der Waals surface area contributed by atoms with Gasteiger partial charge in [0.15, 0.2) is 0 Å². The molecular formula is C23H22N2O5. The molecule has 154 valence electrons. The Bertz CT molecular complexity index is 1090. The lowest BCUT2D eigenvalue weighted by molar-refractivity contribution is -0.137. The number of anilines is 1. The van der Waals surface area contributed by atoms with Crippen LogP contribution in [-0.4, -0.2) is 21.7 Å². The van der Waals surface area contributed by atoms with Crippen LogP contribution in [0.5, 0.6) is 0 Å². The van der Waals surface area contributed by atoms with Crippen molar-refractivity contribution in [2.24, 2.45) is 0 Å². The molecule has 0 atom stereocenters. The van der Waals surface area contributed by atoms with E-state index in [4.69, 9.17) is 9.84 Å². The number of ether oxygens (including phenoxy) is 1. The second-order valence-corrected chi connectivity index (χ2v) is 6.82. The van der Waals surface area contributed by atoms with E-state index in [2.05, 4.69) is 5.32 Å². The molecule has 2 aromatic carbocycles. The maximum absolute atomic E-state index is 13.0. The van der Waals surface area contributed by atoms with Gasteiger partial charge in [0.25, 0.3) is 5.56 Å². The van der Waals surface area contributed by atoms with Crippen molar-refractivity contribution in [3.63, 3.8) is 0 Å². The van der Waals surface area contributed by atoms with Crippen molar-refractivity contribution in [1.29, 1.82) is 0 Å². The predicted molar refractivity (Wildman–Crippen MR) is 113 cm³/mol. The molecule has 7 heteroatoms. The molecule has 7 nitrogen and oxygen atoms in total. The highest BCUT2D eigenvalue weighted by Gasteiger charge is 2.18. The first-order valence-corrected chi connectivity index (χ1v) is 9.41. The largest absolute Gasteiger partial charge is 0.480 e. The van der Waals surface area contributed by atoms with E-state index in [9.17, 15) is 14.4 Å². The van der Waals surface area contributed by atoms with Gasteiger partial charge in [-0.05, 0) is 36.1 Å². The lowest BCUT2D eigenvalue weighted by Crippen LogP contribution is -2.31. The fourth-order valence-corrected chi connectivity index (χ4v) is 3.12. The van der Waals surface area contributed by atoms with Crippen molar-refractivity contribution in [2.45, 2.75) is 26.5 Å². The van der Waals surface area contributed by atoms with Gasteiger partial charge in [-0.15, -0.1) is 0 Å². The van der Waals surface area contributed by atoms with E-state index < -0.39 is 24.2 Å². The maximum Gasteiger partial charge on any atom is 0.412 e. The van der Waals surface area contributed by atoms with E-state index >= 15 is 0 Å². The molecule has 3 aromatic rings. The van der Waals surface area contributed by atoms with Crippen LogP contribution in [0.2, 0.25) is 0 Å². The topological polar surface area (TPSA) is 97.6 Å². The fraction of sp³-hybridized carbons (Fsp3) is 0.174. The number of nitrogens with one attached hydrogen (secondary N) is 1. The number of aryl methyl sites for hydroxylation is 1. The Morgan fingerprint density at radius 3 is 2.20 bits per heavy atom. The van der Waals surface area contributed by atoms with E-state index in [-0.39, 0.29) is 12.3 Å². The number of rotatable bonds is 7. The normalized spacial score (nSPS) is 10.4. The van der Waals surface area contributed by atoms with Crippen molar-refractivity contribution < 1.29 is 19.4 Å². The summed E-state index contributed by atoms with van der Waals surface area (Å²) in [5, 5.41) is 11.7. The number of hydrogen-bond acceptors (Lipinski definition) is 4. The molecule has 1 aromatic heterocycles. The summed E-state index contributed by atoms with van der Waals surface area (Å²) in [7, 11) is 0. The van der Waals surface area contributed by atoms with Crippen molar-refractivity contribution in [3.05, 3.63) is 99.5 Å². The van der Waals surface area contributed by atoms with Crippen LogP contribution in [0.3, 0.4) is 0 Å². The van der Waals surface area contributed by atoms with Crippen LogP contribution >= 0.6 is 0 Å². The molecule has 3 rings (SSSR count). The highest BCUT2D eigenvalue weighted by molar-refractivity contribution is 5.85. The number of carboxylic acids is 1. The molecular weight excluding hydrogens is 384 g/mol. The first-order valence-electron chi connectivity index (χ1n) is 9.41. The molecule has 0 aliphatic rings. The molecule has 30 heavy (non-hydrogen) atoms. The number of nitrogens with zero attached hydrogens (tertiary/aromatic N) is 1. The standard InChI is InChI=1S/C23H22N2O5/c1-16-12-19(13-17-8-4-2-5-9-17)21(22(28)25(16)14-20(26)27)24-23(29)30-15-18-10-6-3-7-11-18/h2-12H,13-15H2,1H3,(H,24,29)(H,26,27). The van der Waals surface area contributed by atoms with Gasteiger partial charge in [-0.3, -0.25) is 19.5 Å². The maximum atomic E-state index is 13.0. The number of carbonyl (C=O) groups excluding carboxylic acids is 1. The third kappa shape index (κ3) is 5.35. The van der Waals surface area contributed by atoms with Gasteiger partial charge in [0.2, 0.25) is 0 Å². The predicted octanol–water partition coefficient (Wildman–Crippen LogP) is 3.58. The first kappa shape index (κ1) is 20.9. The molecule has 0 saturated carbocycles. The monoisotopic (exact) mass is 406 g/mol. The van der Waals surface area contributed by atoms with Gasteiger partial charge in [0.1, 0.15) is 18.8 Å². The zero-order chi connectivity index (χ0) is 21.5. The van der Waals surface area contributed by atoms with Gasteiger partial charge in [-0.25, -0.2) is 4.79 Å². The molecule has 0 saturated heterocycles. The van der Waals surface area contributed by atoms with Crippen LogP contribution in [0, 0.1) is 6.92 Å². The van der Waals surface area contributed by atoms with E-state index in [0.717, 1.165) is 15.7 Å². The summed E-state index contributed by atoms with van der Waals surface area (Å²) in [6.45, 7) is 1.22. The smallest absolute Gasteiger partial charge is 0.412 e. The average molecular weight is 406 g/mol. The van der Waals surface area contributed by atoms with Crippen LogP contribution in [0.4, 0.5) is 10.5 Å². The minimum atomic E-state index is -1.14. The first-order chi connectivity index (χ1) is 14.4. The second kappa shape index (κ2) is 9.56. The summed E-state index contributed by atoms with van der Waals surface area (Å²) in [6, 6.07) is 20.4. The van der Waals surface area contributed by atoms with Crippen molar-refractivity contribution >= 4 is 17.7 Å². The molecule has 0 aliphatic carbocycles. The quantitative estimate of drug-likeness (QED) is 0.625. The molecule has 0 radical (unpaired) electrons. The summed E-state index contributed by atoms with van der Waals surface area (Å²) < 4.78 is 6.34. The zero-order valence-electron chi connectivity index (χ0n) is 16.5. The number of aromatic nitrogens is 1. The fourth-order valence-electron chi connectivity index (χ4n) is 3.12. The SMILES string of the molecule is Cc1cc(Cc2ccccc2)c(NC(=O)OCc2ccccc2)c(=O)n1CC(=O)O. The Hall–Kier alpha value is -3.87. The number of carboxylic acid groups (broad SMARTS) is 1. The number of carbonyl (C=O) groups is 2. The second-order valence-electron chi connectivity index (χ2n) is 6.82. The average Bonchev–Trinajstić information content (AvgIpc) is 2.74. The molecule has 1 heterocycles. The van der Waals surface area contributed by atoms with Crippen molar-refractivity contribution in [3.8, 4) is 0 Å². The zero-order valence-corrected chi connectivity index (χ0v) is 16.5. The molecule has 2 N–H and O–H groups in total. The molecule has 0 fully saturated rings. The highest BCUT2D eigenvalue weighted by Crippen LogP contribution is 2.18. The summed E-state index contributed by atoms with van der Waals surface area (Å²) >= 11 is 0. The lowest BCUT2D eigenvalue weighted by Gasteiger charge is -2.16. The van der Waals surface area contributed by atoms with Gasteiger partial charge in [-0.2, -0.15) is 0 Å². The number of amides is 1. The number of aliphatic carboxylic acids is 1. The van der Waals surface area contributed by atoms with Gasteiger partial charge >= 0.3 is 12.1 Å². The Balaban J connectivity index is 1.89. The molecule has 0 spiro atoms. The third-order valence-corrected chi connectivity index (χ3v) is 4.56. The highest BCUT2D eigenvalue weighted by atomic mass is 16.5. The summed E-state index contributed by atoms with van der Waals surface area (Å²) in [5.41, 5.74) is 2.28. The van der Waals surface area contributed by atoms with Gasteiger partial charge in [0, 0.05) is 5.69 Å². The van der Waals surface area contributed by atoms with E-state index in [1.165, 1.54) is 0 Å². The summed E-state index contributed by atoms with van der Waals surface area (Å²) in [6.07, 6.45) is -0.380. The third-order valence-electron chi connectivity index (χ3n) is 4.56. The minimum absolute atomic E-state index is 0.0174. The molecule has 0 bridgehead atoms. The van der Waals surface area contributed by atoms with Crippen LogP contribution < -0.4 is 10.9 Å². The van der Waals surface area contributed by atoms with Crippen LogP contribution in [0.15, 0.2) is 71.5 Å². The van der Waals surface area contributed by atoms with Gasteiger partial charge in [0.05, 0.1) is 0 Å². The number of benzene rings is 2. The minimum Gasteiger partial charge on any atom is -0.480 e. The lowest BCUT2D eigenvalue weighted by atomic mass is 10.0. The Morgan fingerprint density at radius 1 is 1.00 bits per heavy atom. The Morgan fingerprint density at radius 2 is 1.60 bits per heavy atom. The summed E-state index contributed by atoms with van der Waals surface area (Å²) in [4.78, 5) is 36.5. The Kier molecular flexibility index (Phi) is 6.64. The van der Waals surface area contributed by atoms with Crippen molar-refractivity contribution in [1.82, 2.24) is 4.57 Å². The molecule has 1 amide bonds. The summed E-state index contributed by atoms with van der Waals surface area (Å²) in [5.74, 6) is -1.14. The molecule has 0 unspecified atom stereocenters. The number of pyridine rings is 1. The van der Waals surface area contributed by atoms with Gasteiger partial charge in [-0.1, -0.05) is 60.7 Å². The van der Waals surface area contributed by atoms with E-state index in [0.29, 0.717) is 17.7 Å². The Labute approximate surface area is 173 Å². The van der Waals surface area contributed by atoms with Crippen LogP contribution in [0.25, 0.3) is 0 Å². The molecule has 0 aliphatic heterocycles. The van der Waals surface area contributed by atoms with Crippen molar-refractivity contribution in [2.75, 3.05) is 5.32 Å². The number of hydrogen-bond donors (Lipinski definition) is 2. The van der Waals surface area contributed by atoms with Crippen LogP contribution in [0.1, 0.15) is 22.4 Å². The van der Waals surface area contributed by atoms with E-state index in [1.54, 1.807) is 13.0 Å². The van der Waals surface area contributed by atoms with Crippen LogP contribution in [-0.2, 0) is 29.1 Å². The van der Waals surface area contributed by atoms with E-state index in [1.807, 2.05) is 60.7 Å².